The predicted octanol–water partition coefficient (Wildman–Crippen LogP) is 4.47. The van der Waals surface area contributed by atoms with Crippen LogP contribution in [0.2, 0.25) is 0 Å². The fourth-order valence-corrected chi connectivity index (χ4v) is 2.40. The highest BCUT2D eigenvalue weighted by atomic mass is 79.9. The molecule has 1 N–H and O–H groups in total. The highest BCUT2D eigenvalue weighted by Gasteiger charge is 2.14. The number of rotatable bonds is 6. The minimum Gasteiger partial charge on any atom is -0.314 e. The first-order valence-electron chi connectivity index (χ1n) is 6.23. The molecule has 96 valence electrons. The summed E-state index contributed by atoms with van der Waals surface area (Å²) in [6.45, 7) is 7.41. The van der Waals surface area contributed by atoms with Crippen molar-refractivity contribution in [3.05, 3.63) is 34.1 Å². The molecular formula is C14H21BrFN. The summed E-state index contributed by atoms with van der Waals surface area (Å²) in [7, 11) is 0. The second kappa shape index (κ2) is 7.12. The molecule has 1 rings (SSSR count). The van der Waals surface area contributed by atoms with Gasteiger partial charge in [0.25, 0.3) is 0 Å². The fourth-order valence-electron chi connectivity index (χ4n) is 2.02. The van der Waals surface area contributed by atoms with Crippen LogP contribution >= 0.6 is 15.9 Å². The molecule has 0 aromatic heterocycles. The van der Waals surface area contributed by atoms with E-state index >= 15 is 0 Å². The quantitative estimate of drug-likeness (QED) is 0.817. The first kappa shape index (κ1) is 14.7. The van der Waals surface area contributed by atoms with Crippen molar-refractivity contribution < 1.29 is 4.39 Å². The Balaban J connectivity index is 2.62. The third kappa shape index (κ3) is 4.76. The summed E-state index contributed by atoms with van der Waals surface area (Å²) in [5, 5.41) is 3.43. The van der Waals surface area contributed by atoms with Crippen LogP contribution in [-0.2, 0) is 0 Å². The van der Waals surface area contributed by atoms with Gasteiger partial charge < -0.3 is 5.32 Å². The van der Waals surface area contributed by atoms with Crippen LogP contribution in [0.5, 0.6) is 0 Å². The molecule has 0 heterocycles. The van der Waals surface area contributed by atoms with Crippen LogP contribution < -0.4 is 5.32 Å². The Morgan fingerprint density at radius 1 is 1.35 bits per heavy atom. The molecule has 1 aromatic carbocycles. The molecule has 0 fully saturated rings. The van der Waals surface area contributed by atoms with Gasteiger partial charge in [0.2, 0.25) is 0 Å². The Morgan fingerprint density at radius 2 is 2.06 bits per heavy atom. The van der Waals surface area contributed by atoms with E-state index < -0.39 is 0 Å². The van der Waals surface area contributed by atoms with Crippen molar-refractivity contribution in [3.63, 3.8) is 0 Å². The van der Waals surface area contributed by atoms with E-state index in [1.54, 1.807) is 6.07 Å². The van der Waals surface area contributed by atoms with E-state index in [2.05, 4.69) is 42.0 Å². The summed E-state index contributed by atoms with van der Waals surface area (Å²) in [6.07, 6.45) is 2.08. The van der Waals surface area contributed by atoms with E-state index in [9.17, 15) is 4.39 Å². The van der Waals surface area contributed by atoms with E-state index in [1.165, 1.54) is 6.07 Å². The minimum absolute atomic E-state index is 0.108. The molecule has 0 radical (unpaired) electrons. The molecule has 17 heavy (non-hydrogen) atoms. The highest BCUT2D eigenvalue weighted by Crippen LogP contribution is 2.26. The van der Waals surface area contributed by atoms with Crippen molar-refractivity contribution in [2.75, 3.05) is 6.54 Å². The summed E-state index contributed by atoms with van der Waals surface area (Å²) in [5.41, 5.74) is 0.796. The average molecular weight is 302 g/mol. The molecule has 0 bridgehead atoms. The minimum atomic E-state index is -0.108. The second-order valence-corrected chi connectivity index (χ2v) is 5.57. The topological polar surface area (TPSA) is 12.0 Å². The number of benzene rings is 1. The lowest BCUT2D eigenvalue weighted by Crippen LogP contribution is -2.28. The molecule has 2 atom stereocenters. The largest absolute Gasteiger partial charge is 0.314 e. The van der Waals surface area contributed by atoms with Crippen LogP contribution in [0.1, 0.15) is 45.1 Å². The SMILES string of the molecule is CCCNC(C)CC(C)c1cc(Br)ccc1F. The van der Waals surface area contributed by atoms with E-state index in [0.717, 1.165) is 29.4 Å². The van der Waals surface area contributed by atoms with Gasteiger partial charge in [-0.1, -0.05) is 29.8 Å². The van der Waals surface area contributed by atoms with E-state index in [4.69, 9.17) is 0 Å². The second-order valence-electron chi connectivity index (χ2n) is 4.66. The Hall–Kier alpha value is -0.410. The lowest BCUT2D eigenvalue weighted by Gasteiger charge is -2.19. The molecule has 0 aliphatic rings. The molecule has 0 aliphatic heterocycles. The molecule has 0 saturated carbocycles. The average Bonchev–Trinajstić information content (AvgIpc) is 2.29. The molecule has 1 nitrogen and oxygen atoms in total. The van der Waals surface area contributed by atoms with Crippen molar-refractivity contribution in [1.82, 2.24) is 5.32 Å². The van der Waals surface area contributed by atoms with Gasteiger partial charge in [-0.2, -0.15) is 0 Å². The molecule has 3 heteroatoms. The first-order chi connectivity index (χ1) is 8.04. The van der Waals surface area contributed by atoms with Gasteiger partial charge in [-0.3, -0.25) is 0 Å². The standard InChI is InChI=1S/C14H21BrFN/c1-4-7-17-11(3)8-10(2)13-9-12(15)5-6-14(13)16/h5-6,9-11,17H,4,7-8H2,1-3H3. The Bertz CT molecular complexity index is 354. The van der Waals surface area contributed by atoms with E-state index in [0.29, 0.717) is 6.04 Å². The summed E-state index contributed by atoms with van der Waals surface area (Å²) >= 11 is 3.39. The van der Waals surface area contributed by atoms with Crippen LogP contribution in [0.25, 0.3) is 0 Å². The van der Waals surface area contributed by atoms with Crippen molar-refractivity contribution in [3.8, 4) is 0 Å². The summed E-state index contributed by atoms with van der Waals surface area (Å²) in [4.78, 5) is 0. The molecule has 0 saturated heterocycles. The summed E-state index contributed by atoms with van der Waals surface area (Å²) in [5.74, 6) is 0.121. The molecular weight excluding hydrogens is 281 g/mol. The highest BCUT2D eigenvalue weighted by molar-refractivity contribution is 9.10. The number of nitrogens with one attached hydrogen (secondary N) is 1. The van der Waals surface area contributed by atoms with E-state index in [1.807, 2.05) is 6.07 Å². The number of hydrogen-bond acceptors (Lipinski definition) is 1. The molecule has 0 amide bonds. The van der Waals surface area contributed by atoms with Gasteiger partial charge in [0.15, 0.2) is 0 Å². The van der Waals surface area contributed by atoms with Gasteiger partial charge in [-0.25, -0.2) is 4.39 Å². The van der Waals surface area contributed by atoms with Gasteiger partial charge >= 0.3 is 0 Å². The van der Waals surface area contributed by atoms with Crippen molar-refractivity contribution >= 4 is 15.9 Å². The lowest BCUT2D eigenvalue weighted by atomic mass is 9.94. The monoisotopic (exact) mass is 301 g/mol. The normalized spacial score (nSPS) is 14.6. The van der Waals surface area contributed by atoms with Gasteiger partial charge in [0.05, 0.1) is 0 Å². The third-order valence-electron chi connectivity index (χ3n) is 2.94. The van der Waals surface area contributed by atoms with Crippen molar-refractivity contribution in [2.24, 2.45) is 0 Å². The molecule has 0 aliphatic carbocycles. The van der Waals surface area contributed by atoms with Gasteiger partial charge in [0.1, 0.15) is 5.82 Å². The van der Waals surface area contributed by atoms with Crippen LogP contribution in [-0.4, -0.2) is 12.6 Å². The Morgan fingerprint density at radius 3 is 2.71 bits per heavy atom. The number of hydrogen-bond donors (Lipinski definition) is 1. The zero-order valence-electron chi connectivity index (χ0n) is 10.8. The van der Waals surface area contributed by atoms with Crippen LogP contribution in [0.3, 0.4) is 0 Å². The maximum Gasteiger partial charge on any atom is 0.126 e. The smallest absolute Gasteiger partial charge is 0.126 e. The maximum atomic E-state index is 13.7. The van der Waals surface area contributed by atoms with Gasteiger partial charge in [-0.15, -0.1) is 0 Å². The summed E-state index contributed by atoms with van der Waals surface area (Å²) < 4.78 is 14.6. The predicted molar refractivity (Wildman–Crippen MR) is 74.9 cm³/mol. The van der Waals surface area contributed by atoms with Crippen LogP contribution in [0.15, 0.2) is 22.7 Å². The van der Waals surface area contributed by atoms with Gasteiger partial charge in [0, 0.05) is 10.5 Å². The van der Waals surface area contributed by atoms with Crippen LogP contribution in [0.4, 0.5) is 4.39 Å². The fraction of sp³-hybridized carbons (Fsp3) is 0.571. The van der Waals surface area contributed by atoms with Crippen molar-refractivity contribution in [2.45, 2.75) is 45.6 Å². The molecule has 1 aromatic rings. The van der Waals surface area contributed by atoms with Crippen LogP contribution in [0, 0.1) is 5.82 Å². The molecule has 0 spiro atoms. The zero-order chi connectivity index (χ0) is 12.8. The Kier molecular flexibility index (Phi) is 6.14. The maximum absolute atomic E-state index is 13.7. The lowest BCUT2D eigenvalue weighted by molar-refractivity contribution is 0.468. The molecule has 2 unspecified atom stereocenters. The summed E-state index contributed by atoms with van der Waals surface area (Å²) in [6, 6.07) is 5.57. The van der Waals surface area contributed by atoms with Gasteiger partial charge in [-0.05, 0) is 56.0 Å². The van der Waals surface area contributed by atoms with Crippen molar-refractivity contribution in [1.29, 1.82) is 0 Å². The zero-order valence-corrected chi connectivity index (χ0v) is 12.3. The number of halogens is 2. The Labute approximate surface area is 112 Å². The van der Waals surface area contributed by atoms with E-state index in [-0.39, 0.29) is 11.7 Å². The first-order valence-corrected chi connectivity index (χ1v) is 7.02. The third-order valence-corrected chi connectivity index (χ3v) is 3.43.